The van der Waals surface area contributed by atoms with Crippen molar-refractivity contribution in [2.24, 2.45) is 5.92 Å². The molecule has 0 bridgehead atoms. The highest BCUT2D eigenvalue weighted by Crippen LogP contribution is 2.14. The Morgan fingerprint density at radius 1 is 1.26 bits per heavy atom. The minimum absolute atomic E-state index is 0.210. The maximum absolute atomic E-state index is 11.7. The highest BCUT2D eigenvalue weighted by Gasteiger charge is 2.19. The van der Waals surface area contributed by atoms with Crippen molar-refractivity contribution in [3.8, 4) is 0 Å². The molecule has 0 heterocycles. The van der Waals surface area contributed by atoms with Crippen molar-refractivity contribution < 1.29 is 14.6 Å². The summed E-state index contributed by atoms with van der Waals surface area (Å²) in [7, 11) is 0. The number of carbonyl (C=O) groups excluding carboxylic acids is 1. The topological polar surface area (TPSA) is 46.5 Å². The molecule has 0 saturated heterocycles. The molecular formula is C16H26O3. The molecule has 0 aliphatic carbocycles. The molecule has 2 unspecified atom stereocenters. The standard InChI is InChI=1S/C14H20O3.C2H6/c1-3-13(9-11(2)15)14(16)17-10-12-7-5-4-6-8-12;1-2/h4-8,11,13,15H,3,9-10H2,1-2H3;1-2H3. The Kier molecular flexibility index (Phi) is 9.81. The van der Waals surface area contributed by atoms with Gasteiger partial charge in [0, 0.05) is 0 Å². The van der Waals surface area contributed by atoms with Gasteiger partial charge in [0.1, 0.15) is 6.61 Å². The average Bonchev–Trinajstić information content (AvgIpc) is 2.45. The van der Waals surface area contributed by atoms with Crippen molar-refractivity contribution in [3.63, 3.8) is 0 Å². The second kappa shape index (κ2) is 10.6. The number of rotatable bonds is 6. The molecule has 1 aromatic rings. The van der Waals surface area contributed by atoms with Gasteiger partial charge in [0.05, 0.1) is 12.0 Å². The molecule has 108 valence electrons. The van der Waals surface area contributed by atoms with Gasteiger partial charge >= 0.3 is 5.97 Å². The Bertz CT molecular complexity index is 333. The first kappa shape index (κ1) is 17.6. The number of esters is 1. The molecule has 0 spiro atoms. The van der Waals surface area contributed by atoms with Crippen molar-refractivity contribution in [1.29, 1.82) is 0 Å². The molecule has 1 aromatic carbocycles. The Morgan fingerprint density at radius 3 is 2.32 bits per heavy atom. The molecule has 3 nitrogen and oxygen atoms in total. The van der Waals surface area contributed by atoms with Gasteiger partial charge in [-0.05, 0) is 25.3 Å². The number of aliphatic hydroxyl groups excluding tert-OH is 1. The lowest BCUT2D eigenvalue weighted by Gasteiger charge is -2.15. The summed E-state index contributed by atoms with van der Waals surface area (Å²) in [5.74, 6) is -0.434. The molecule has 0 radical (unpaired) electrons. The van der Waals surface area contributed by atoms with Gasteiger partial charge in [-0.1, -0.05) is 51.1 Å². The fourth-order valence-corrected chi connectivity index (χ4v) is 1.69. The largest absolute Gasteiger partial charge is 0.461 e. The van der Waals surface area contributed by atoms with E-state index in [9.17, 15) is 9.90 Å². The molecule has 19 heavy (non-hydrogen) atoms. The Labute approximate surface area is 116 Å². The lowest BCUT2D eigenvalue weighted by atomic mass is 10.00. The monoisotopic (exact) mass is 266 g/mol. The maximum Gasteiger partial charge on any atom is 0.309 e. The third-order valence-electron chi connectivity index (χ3n) is 2.68. The van der Waals surface area contributed by atoms with Crippen LogP contribution in [0.5, 0.6) is 0 Å². The summed E-state index contributed by atoms with van der Waals surface area (Å²) in [4.78, 5) is 11.7. The summed E-state index contributed by atoms with van der Waals surface area (Å²) >= 11 is 0. The molecule has 0 amide bonds. The number of carbonyl (C=O) groups is 1. The summed E-state index contributed by atoms with van der Waals surface area (Å²) < 4.78 is 5.23. The molecule has 0 aliphatic rings. The fourth-order valence-electron chi connectivity index (χ4n) is 1.69. The zero-order valence-corrected chi connectivity index (χ0v) is 12.4. The molecule has 0 fully saturated rings. The van der Waals surface area contributed by atoms with Crippen molar-refractivity contribution in [3.05, 3.63) is 35.9 Å². The van der Waals surface area contributed by atoms with Gasteiger partial charge in [0.15, 0.2) is 0 Å². The van der Waals surface area contributed by atoms with Crippen LogP contribution in [0.25, 0.3) is 0 Å². The van der Waals surface area contributed by atoms with Gasteiger partial charge in [0.2, 0.25) is 0 Å². The van der Waals surface area contributed by atoms with Crippen LogP contribution >= 0.6 is 0 Å². The van der Waals surface area contributed by atoms with E-state index in [1.165, 1.54) is 0 Å². The molecule has 1 rings (SSSR count). The number of hydrogen-bond donors (Lipinski definition) is 1. The molecule has 1 N–H and O–H groups in total. The number of aliphatic hydroxyl groups is 1. The number of hydrogen-bond acceptors (Lipinski definition) is 3. The molecule has 0 aliphatic heterocycles. The number of benzene rings is 1. The van der Waals surface area contributed by atoms with Gasteiger partial charge in [-0.15, -0.1) is 0 Å². The van der Waals surface area contributed by atoms with Gasteiger partial charge in [-0.2, -0.15) is 0 Å². The van der Waals surface area contributed by atoms with Crippen LogP contribution < -0.4 is 0 Å². The molecule has 0 saturated carbocycles. The predicted molar refractivity (Wildman–Crippen MR) is 77.7 cm³/mol. The third kappa shape index (κ3) is 7.62. The van der Waals surface area contributed by atoms with Gasteiger partial charge < -0.3 is 9.84 Å². The van der Waals surface area contributed by atoms with Gasteiger partial charge in [-0.3, -0.25) is 4.79 Å². The van der Waals surface area contributed by atoms with Crippen LogP contribution in [0, 0.1) is 5.92 Å². The minimum Gasteiger partial charge on any atom is -0.461 e. The Balaban J connectivity index is 0.00000154. The zero-order valence-electron chi connectivity index (χ0n) is 12.4. The van der Waals surface area contributed by atoms with E-state index in [0.29, 0.717) is 19.4 Å². The van der Waals surface area contributed by atoms with E-state index in [0.717, 1.165) is 5.56 Å². The van der Waals surface area contributed by atoms with Crippen LogP contribution in [0.1, 0.15) is 46.1 Å². The second-order valence-corrected chi connectivity index (χ2v) is 4.28. The van der Waals surface area contributed by atoms with E-state index in [-0.39, 0.29) is 11.9 Å². The molecular weight excluding hydrogens is 240 g/mol. The summed E-state index contributed by atoms with van der Waals surface area (Å²) in [6.07, 6.45) is 0.687. The Morgan fingerprint density at radius 2 is 1.84 bits per heavy atom. The first-order valence-electron chi connectivity index (χ1n) is 7.02. The highest BCUT2D eigenvalue weighted by molar-refractivity contribution is 5.72. The summed E-state index contributed by atoms with van der Waals surface area (Å²) in [6.45, 7) is 7.92. The molecule has 2 atom stereocenters. The quantitative estimate of drug-likeness (QED) is 0.801. The lowest BCUT2D eigenvalue weighted by Crippen LogP contribution is -2.21. The maximum atomic E-state index is 11.7. The van der Waals surface area contributed by atoms with E-state index in [1.54, 1.807) is 6.92 Å². The van der Waals surface area contributed by atoms with Crippen LogP contribution in [0.4, 0.5) is 0 Å². The SMILES string of the molecule is CC.CCC(CC(C)O)C(=O)OCc1ccccc1. The van der Waals surface area contributed by atoms with Crippen molar-refractivity contribution in [2.75, 3.05) is 0 Å². The lowest BCUT2D eigenvalue weighted by molar-refractivity contribution is -0.151. The van der Waals surface area contributed by atoms with Crippen LogP contribution in [0.15, 0.2) is 30.3 Å². The van der Waals surface area contributed by atoms with Crippen molar-refractivity contribution in [2.45, 2.75) is 53.2 Å². The smallest absolute Gasteiger partial charge is 0.309 e. The van der Waals surface area contributed by atoms with E-state index in [1.807, 2.05) is 51.1 Å². The average molecular weight is 266 g/mol. The summed E-state index contributed by atoms with van der Waals surface area (Å²) in [6, 6.07) is 9.59. The predicted octanol–water partition coefficient (Wildman–Crippen LogP) is 3.55. The minimum atomic E-state index is -0.468. The molecule has 0 aromatic heterocycles. The van der Waals surface area contributed by atoms with Crippen LogP contribution in [-0.4, -0.2) is 17.2 Å². The van der Waals surface area contributed by atoms with Crippen molar-refractivity contribution in [1.82, 2.24) is 0 Å². The van der Waals surface area contributed by atoms with E-state index >= 15 is 0 Å². The third-order valence-corrected chi connectivity index (χ3v) is 2.68. The van der Waals surface area contributed by atoms with Gasteiger partial charge in [0.25, 0.3) is 0 Å². The number of ether oxygens (including phenoxy) is 1. The first-order chi connectivity index (χ1) is 9.13. The van der Waals surface area contributed by atoms with Crippen molar-refractivity contribution >= 4 is 5.97 Å². The van der Waals surface area contributed by atoms with Crippen LogP contribution in [0.3, 0.4) is 0 Å². The van der Waals surface area contributed by atoms with Gasteiger partial charge in [-0.25, -0.2) is 0 Å². The summed E-state index contributed by atoms with van der Waals surface area (Å²) in [5, 5.41) is 9.28. The summed E-state index contributed by atoms with van der Waals surface area (Å²) in [5.41, 5.74) is 0.979. The van der Waals surface area contributed by atoms with Crippen LogP contribution in [-0.2, 0) is 16.1 Å². The second-order valence-electron chi connectivity index (χ2n) is 4.28. The Hall–Kier alpha value is -1.35. The van der Waals surface area contributed by atoms with E-state index in [4.69, 9.17) is 4.74 Å². The highest BCUT2D eigenvalue weighted by atomic mass is 16.5. The normalized spacial score (nSPS) is 12.9. The molecule has 3 heteroatoms. The first-order valence-corrected chi connectivity index (χ1v) is 7.02. The van der Waals surface area contributed by atoms with E-state index < -0.39 is 6.10 Å². The van der Waals surface area contributed by atoms with E-state index in [2.05, 4.69) is 0 Å². The fraction of sp³-hybridized carbons (Fsp3) is 0.562. The van der Waals surface area contributed by atoms with Crippen LogP contribution in [0.2, 0.25) is 0 Å². The zero-order chi connectivity index (χ0) is 14.7.